The van der Waals surface area contributed by atoms with Crippen molar-refractivity contribution in [3.8, 4) is 11.5 Å². The monoisotopic (exact) mass is 516 g/mol. The Kier molecular flexibility index (Phi) is 7.83. The van der Waals surface area contributed by atoms with Crippen LogP contribution in [0.15, 0.2) is 54.0 Å². The number of ether oxygens (including phenoxy) is 3. The fraction of sp³-hybridized carbons (Fsp3) is 0.320. The Morgan fingerprint density at radius 2 is 1.91 bits per heavy atom. The third kappa shape index (κ3) is 5.09. The number of halogens is 2. The van der Waals surface area contributed by atoms with Crippen molar-refractivity contribution < 1.29 is 19.0 Å². The Morgan fingerprint density at radius 3 is 2.60 bits per heavy atom. The van der Waals surface area contributed by atoms with Crippen molar-refractivity contribution in [1.82, 2.24) is 14.8 Å². The molecule has 1 aliphatic rings. The van der Waals surface area contributed by atoms with Crippen molar-refractivity contribution in [2.45, 2.75) is 39.3 Å². The molecule has 2 heterocycles. The maximum atomic E-state index is 13.1. The van der Waals surface area contributed by atoms with Crippen LogP contribution in [-0.2, 0) is 16.1 Å². The van der Waals surface area contributed by atoms with Gasteiger partial charge in [-0.3, -0.25) is 0 Å². The molecule has 0 spiro atoms. The SMILES string of the molecule is CCCC1=C(C(=O)OCC)[C@@H](c2ccc(OCc3c(Cl)cccc3Cl)c(OC)c2)n2ncnc2N1. The highest BCUT2D eigenvalue weighted by molar-refractivity contribution is 6.35. The van der Waals surface area contributed by atoms with E-state index in [0.29, 0.717) is 45.1 Å². The summed E-state index contributed by atoms with van der Waals surface area (Å²) in [6.45, 7) is 4.26. The summed E-state index contributed by atoms with van der Waals surface area (Å²) in [6, 6.07) is 10.2. The smallest absolute Gasteiger partial charge is 0.338 e. The fourth-order valence-electron chi connectivity index (χ4n) is 4.01. The molecular formula is C25H26Cl2N4O4. The molecule has 1 N–H and O–H groups in total. The van der Waals surface area contributed by atoms with E-state index in [2.05, 4.69) is 15.4 Å². The number of carbonyl (C=O) groups excluding carboxylic acids is 1. The van der Waals surface area contributed by atoms with Crippen LogP contribution in [0.3, 0.4) is 0 Å². The highest BCUT2D eigenvalue weighted by Gasteiger charge is 2.35. The molecule has 3 aromatic rings. The molecule has 0 amide bonds. The molecule has 4 rings (SSSR count). The van der Waals surface area contributed by atoms with Crippen LogP contribution in [0.2, 0.25) is 10.0 Å². The molecule has 0 unspecified atom stereocenters. The number of allylic oxidation sites excluding steroid dienone is 1. The van der Waals surface area contributed by atoms with E-state index in [-0.39, 0.29) is 13.2 Å². The summed E-state index contributed by atoms with van der Waals surface area (Å²) < 4.78 is 18.7. The van der Waals surface area contributed by atoms with Crippen LogP contribution < -0.4 is 14.8 Å². The molecule has 10 heteroatoms. The normalized spacial score (nSPS) is 14.8. The Hall–Kier alpha value is -3.23. The molecule has 0 fully saturated rings. The largest absolute Gasteiger partial charge is 0.493 e. The molecular weight excluding hydrogens is 491 g/mol. The number of carbonyl (C=O) groups is 1. The Morgan fingerprint density at radius 1 is 1.14 bits per heavy atom. The fourth-order valence-corrected chi connectivity index (χ4v) is 4.52. The quantitative estimate of drug-likeness (QED) is 0.359. The van der Waals surface area contributed by atoms with Crippen molar-refractivity contribution in [2.24, 2.45) is 0 Å². The zero-order chi connectivity index (χ0) is 24.9. The first-order chi connectivity index (χ1) is 17.0. The summed E-state index contributed by atoms with van der Waals surface area (Å²) in [5.74, 6) is 1.16. The molecule has 1 atom stereocenters. The van der Waals surface area contributed by atoms with Gasteiger partial charge in [-0.1, -0.05) is 48.7 Å². The number of nitrogens with one attached hydrogen (secondary N) is 1. The molecule has 0 aliphatic carbocycles. The summed E-state index contributed by atoms with van der Waals surface area (Å²) in [4.78, 5) is 17.4. The minimum absolute atomic E-state index is 0.170. The lowest BCUT2D eigenvalue weighted by molar-refractivity contribution is -0.139. The van der Waals surface area contributed by atoms with Crippen LogP contribution in [0, 0.1) is 0 Å². The minimum Gasteiger partial charge on any atom is -0.493 e. The van der Waals surface area contributed by atoms with E-state index in [1.54, 1.807) is 43.0 Å². The molecule has 0 bridgehead atoms. The first kappa shape index (κ1) is 24.9. The summed E-state index contributed by atoms with van der Waals surface area (Å²) in [7, 11) is 1.56. The van der Waals surface area contributed by atoms with Crippen LogP contribution in [0.25, 0.3) is 0 Å². The number of fused-ring (bicyclic) bond motifs is 1. The lowest BCUT2D eigenvalue weighted by Gasteiger charge is -2.29. The molecule has 0 saturated carbocycles. The van der Waals surface area contributed by atoms with Gasteiger partial charge in [0.25, 0.3) is 0 Å². The minimum atomic E-state index is -0.546. The maximum Gasteiger partial charge on any atom is 0.338 e. The van der Waals surface area contributed by atoms with Crippen molar-refractivity contribution in [1.29, 1.82) is 0 Å². The van der Waals surface area contributed by atoms with Gasteiger partial charge in [0, 0.05) is 21.3 Å². The maximum absolute atomic E-state index is 13.1. The Bertz CT molecular complexity index is 1240. The average molecular weight is 517 g/mol. The van der Waals surface area contributed by atoms with Crippen LogP contribution in [0.5, 0.6) is 11.5 Å². The predicted octanol–water partition coefficient (Wildman–Crippen LogP) is 5.80. The lowest BCUT2D eigenvalue weighted by Crippen LogP contribution is -2.30. The van der Waals surface area contributed by atoms with Crippen LogP contribution >= 0.6 is 23.2 Å². The van der Waals surface area contributed by atoms with Gasteiger partial charge in [-0.25, -0.2) is 9.48 Å². The number of benzene rings is 2. The number of hydrogen-bond donors (Lipinski definition) is 1. The van der Waals surface area contributed by atoms with Crippen molar-refractivity contribution >= 4 is 35.1 Å². The number of esters is 1. The Balaban J connectivity index is 1.72. The van der Waals surface area contributed by atoms with E-state index in [1.165, 1.54) is 6.33 Å². The molecule has 1 aromatic heterocycles. The van der Waals surface area contributed by atoms with Crippen molar-refractivity contribution in [3.05, 3.63) is 75.2 Å². The van der Waals surface area contributed by atoms with E-state index < -0.39 is 12.0 Å². The third-order valence-electron chi connectivity index (χ3n) is 5.61. The molecule has 35 heavy (non-hydrogen) atoms. The van der Waals surface area contributed by atoms with Gasteiger partial charge in [-0.15, -0.1) is 0 Å². The van der Waals surface area contributed by atoms with Gasteiger partial charge >= 0.3 is 5.97 Å². The topological polar surface area (TPSA) is 87.5 Å². The molecule has 2 aromatic carbocycles. The van der Waals surface area contributed by atoms with Gasteiger partial charge in [0.2, 0.25) is 5.95 Å². The summed E-state index contributed by atoms with van der Waals surface area (Å²) >= 11 is 12.6. The van der Waals surface area contributed by atoms with Crippen LogP contribution in [0.1, 0.15) is 43.9 Å². The number of hydrogen-bond acceptors (Lipinski definition) is 7. The second kappa shape index (κ2) is 11.0. The Labute approximate surface area is 213 Å². The van der Waals surface area contributed by atoms with Crippen molar-refractivity contribution in [3.63, 3.8) is 0 Å². The average Bonchev–Trinajstić information content (AvgIpc) is 3.31. The number of rotatable bonds is 9. The molecule has 1 aliphatic heterocycles. The highest BCUT2D eigenvalue weighted by Crippen LogP contribution is 2.40. The van der Waals surface area contributed by atoms with Gasteiger partial charge < -0.3 is 19.5 Å². The van der Waals surface area contributed by atoms with Gasteiger partial charge in [0.15, 0.2) is 11.5 Å². The highest BCUT2D eigenvalue weighted by atomic mass is 35.5. The predicted molar refractivity (Wildman–Crippen MR) is 134 cm³/mol. The number of nitrogens with zero attached hydrogens (tertiary/aromatic N) is 3. The van der Waals surface area contributed by atoms with Gasteiger partial charge in [0.05, 0.1) is 19.3 Å². The summed E-state index contributed by atoms with van der Waals surface area (Å²) in [6.07, 6.45) is 2.95. The summed E-state index contributed by atoms with van der Waals surface area (Å²) in [5.41, 5.74) is 2.72. The second-order valence-corrected chi connectivity index (χ2v) is 8.63. The van der Waals surface area contributed by atoms with E-state index in [0.717, 1.165) is 17.7 Å². The molecule has 0 radical (unpaired) electrons. The van der Waals surface area contributed by atoms with Crippen LogP contribution in [-0.4, -0.2) is 34.5 Å². The number of anilines is 1. The van der Waals surface area contributed by atoms with Gasteiger partial charge in [-0.05, 0) is 43.2 Å². The molecule has 8 nitrogen and oxygen atoms in total. The van der Waals surface area contributed by atoms with E-state index in [9.17, 15) is 4.79 Å². The van der Waals surface area contributed by atoms with Gasteiger partial charge in [-0.2, -0.15) is 10.1 Å². The van der Waals surface area contributed by atoms with E-state index in [4.69, 9.17) is 37.4 Å². The second-order valence-electron chi connectivity index (χ2n) is 7.82. The van der Waals surface area contributed by atoms with Crippen LogP contribution in [0.4, 0.5) is 5.95 Å². The summed E-state index contributed by atoms with van der Waals surface area (Å²) in [5, 5.41) is 8.66. The number of methoxy groups -OCH3 is 1. The lowest BCUT2D eigenvalue weighted by atomic mass is 9.93. The zero-order valence-corrected chi connectivity index (χ0v) is 21.2. The molecule has 0 saturated heterocycles. The molecule has 184 valence electrons. The first-order valence-electron chi connectivity index (χ1n) is 11.3. The van der Waals surface area contributed by atoms with Crippen molar-refractivity contribution in [2.75, 3.05) is 19.0 Å². The zero-order valence-electron chi connectivity index (χ0n) is 19.7. The van der Waals surface area contributed by atoms with E-state index >= 15 is 0 Å². The van der Waals surface area contributed by atoms with E-state index in [1.807, 2.05) is 19.1 Å². The first-order valence-corrected chi connectivity index (χ1v) is 12.0. The standard InChI is InChI=1S/C25H26Cl2N4O4/c1-4-7-19-22(24(32)34-5-2)23(31-25(30-19)28-14-29-31)15-10-11-20(21(12-15)33-3)35-13-16-17(26)8-6-9-18(16)27/h6,8-12,14,23H,4-5,7,13H2,1-3H3,(H,28,29,30)/t23-/m1/s1. The van der Waals surface area contributed by atoms with Gasteiger partial charge in [0.1, 0.15) is 19.0 Å². The number of aromatic nitrogens is 3. The third-order valence-corrected chi connectivity index (χ3v) is 6.32.